The Morgan fingerprint density at radius 1 is 0.933 bits per heavy atom. The molecule has 0 aliphatic carbocycles. The van der Waals surface area contributed by atoms with Gasteiger partial charge in [0.1, 0.15) is 0 Å². The Labute approximate surface area is 177 Å². The van der Waals surface area contributed by atoms with Crippen molar-refractivity contribution >= 4 is 11.9 Å². The quantitative estimate of drug-likeness (QED) is 0.843. The number of urea groups is 1. The van der Waals surface area contributed by atoms with Crippen molar-refractivity contribution in [2.45, 2.75) is 18.9 Å². The molecule has 0 spiro atoms. The van der Waals surface area contributed by atoms with Crippen LogP contribution >= 0.6 is 0 Å². The monoisotopic (exact) mass is 408 g/mol. The number of carbonyl (C=O) groups is 2. The van der Waals surface area contributed by atoms with Crippen LogP contribution in [0.3, 0.4) is 0 Å². The maximum absolute atomic E-state index is 13.1. The number of likely N-dealkylation sites (tertiary alicyclic amines) is 1. The van der Waals surface area contributed by atoms with Gasteiger partial charge in [0.25, 0.3) is 0 Å². The Morgan fingerprint density at radius 3 is 2.27 bits per heavy atom. The average Bonchev–Trinajstić information content (AvgIpc) is 2.83. The Bertz CT molecular complexity index is 793. The van der Waals surface area contributed by atoms with Gasteiger partial charge >= 0.3 is 6.03 Å². The highest BCUT2D eigenvalue weighted by molar-refractivity contribution is 5.80. The van der Waals surface area contributed by atoms with E-state index in [0.717, 1.165) is 11.3 Å². The maximum Gasteiger partial charge on any atom is 0.320 e. The summed E-state index contributed by atoms with van der Waals surface area (Å²) in [6, 6.07) is 15.4. The number of morpholine rings is 1. The molecule has 30 heavy (non-hydrogen) atoms. The van der Waals surface area contributed by atoms with Gasteiger partial charge in [-0.3, -0.25) is 9.78 Å². The van der Waals surface area contributed by atoms with Crippen LogP contribution in [0.5, 0.6) is 0 Å². The lowest BCUT2D eigenvalue weighted by Gasteiger charge is -2.37. The third-order valence-corrected chi connectivity index (χ3v) is 5.82. The van der Waals surface area contributed by atoms with Crippen LogP contribution in [0.25, 0.3) is 0 Å². The highest BCUT2D eigenvalue weighted by Gasteiger charge is 2.31. The van der Waals surface area contributed by atoms with Crippen molar-refractivity contribution < 1.29 is 14.3 Å². The predicted molar refractivity (Wildman–Crippen MR) is 113 cm³/mol. The van der Waals surface area contributed by atoms with E-state index >= 15 is 0 Å². The van der Waals surface area contributed by atoms with Crippen molar-refractivity contribution in [3.63, 3.8) is 0 Å². The Kier molecular flexibility index (Phi) is 6.59. The van der Waals surface area contributed by atoms with Crippen LogP contribution in [0.2, 0.25) is 0 Å². The molecule has 158 valence electrons. The lowest BCUT2D eigenvalue weighted by molar-refractivity contribution is -0.126. The summed E-state index contributed by atoms with van der Waals surface area (Å²) in [5, 5.41) is 3.19. The number of ether oxygens (including phenoxy) is 1. The number of aromatic nitrogens is 1. The van der Waals surface area contributed by atoms with Crippen molar-refractivity contribution in [3.05, 3.63) is 66.0 Å². The Morgan fingerprint density at radius 2 is 1.60 bits per heavy atom. The second kappa shape index (κ2) is 9.71. The highest BCUT2D eigenvalue weighted by Crippen LogP contribution is 2.24. The highest BCUT2D eigenvalue weighted by atomic mass is 16.5. The Balaban J connectivity index is 1.37. The molecule has 1 aromatic carbocycles. The van der Waals surface area contributed by atoms with Crippen LogP contribution in [0.1, 0.15) is 30.1 Å². The summed E-state index contributed by atoms with van der Waals surface area (Å²) in [5.74, 6) is -0.0818. The molecule has 2 aliphatic rings. The fourth-order valence-electron chi connectivity index (χ4n) is 4.07. The lowest BCUT2D eigenvalue weighted by atomic mass is 9.94. The number of nitrogens with one attached hydrogen (secondary N) is 1. The molecule has 1 aromatic heterocycles. The minimum atomic E-state index is -0.284. The Hall–Kier alpha value is -2.93. The van der Waals surface area contributed by atoms with Gasteiger partial charge in [0.15, 0.2) is 0 Å². The lowest BCUT2D eigenvalue weighted by Crippen LogP contribution is -2.51. The number of amides is 3. The second-order valence-electron chi connectivity index (χ2n) is 7.75. The summed E-state index contributed by atoms with van der Waals surface area (Å²) in [4.78, 5) is 33.9. The molecule has 7 heteroatoms. The second-order valence-corrected chi connectivity index (χ2v) is 7.75. The molecule has 2 aliphatic heterocycles. The zero-order valence-corrected chi connectivity index (χ0v) is 17.1. The van der Waals surface area contributed by atoms with Crippen LogP contribution in [0.15, 0.2) is 54.7 Å². The summed E-state index contributed by atoms with van der Waals surface area (Å²) in [6.07, 6.45) is 3.09. The number of piperidine rings is 1. The molecule has 3 heterocycles. The van der Waals surface area contributed by atoms with Gasteiger partial charge in [-0.15, -0.1) is 0 Å². The van der Waals surface area contributed by atoms with Crippen molar-refractivity contribution in [1.82, 2.24) is 20.1 Å². The van der Waals surface area contributed by atoms with Gasteiger partial charge in [0.2, 0.25) is 5.91 Å². The molecular formula is C23H28N4O3. The molecular weight excluding hydrogens is 380 g/mol. The molecule has 1 atom stereocenters. The zero-order chi connectivity index (χ0) is 20.8. The van der Waals surface area contributed by atoms with Gasteiger partial charge in [0, 0.05) is 38.3 Å². The molecule has 7 nitrogen and oxygen atoms in total. The summed E-state index contributed by atoms with van der Waals surface area (Å²) < 4.78 is 5.33. The van der Waals surface area contributed by atoms with Crippen LogP contribution in [0, 0.1) is 5.92 Å². The van der Waals surface area contributed by atoms with Crippen LogP contribution in [0.4, 0.5) is 4.79 Å². The summed E-state index contributed by atoms with van der Waals surface area (Å²) >= 11 is 0. The summed E-state index contributed by atoms with van der Waals surface area (Å²) in [7, 11) is 0. The fourth-order valence-corrected chi connectivity index (χ4v) is 4.07. The molecule has 2 fully saturated rings. The van der Waals surface area contributed by atoms with E-state index in [0.29, 0.717) is 52.2 Å². The number of pyridine rings is 1. The van der Waals surface area contributed by atoms with Gasteiger partial charge in [-0.25, -0.2) is 4.79 Å². The molecule has 3 amide bonds. The van der Waals surface area contributed by atoms with Gasteiger partial charge in [-0.05, 0) is 30.5 Å². The van der Waals surface area contributed by atoms with Crippen molar-refractivity contribution in [2.75, 3.05) is 39.4 Å². The molecule has 2 aromatic rings. The SMILES string of the molecule is O=C(NC(c1ccccc1)c1ccccn1)C1CCN(C(=O)N2CCOCC2)CC1. The average molecular weight is 409 g/mol. The normalized spacial score (nSPS) is 18.7. The molecule has 2 saturated heterocycles. The molecule has 1 N–H and O–H groups in total. The van der Waals surface area contributed by atoms with E-state index in [-0.39, 0.29) is 23.9 Å². The molecule has 1 unspecified atom stereocenters. The molecule has 0 radical (unpaired) electrons. The first-order chi connectivity index (χ1) is 14.7. The third kappa shape index (κ3) is 4.79. The largest absolute Gasteiger partial charge is 0.378 e. The molecule has 0 bridgehead atoms. The van der Waals surface area contributed by atoms with E-state index < -0.39 is 0 Å². The standard InChI is InChI=1S/C23H28N4O3/c28-22(19-9-12-26(13-10-19)23(29)27-14-16-30-17-15-27)25-21(18-6-2-1-3-7-18)20-8-4-5-11-24-20/h1-8,11,19,21H,9-10,12-17H2,(H,25,28). The van der Waals surface area contributed by atoms with Gasteiger partial charge in [0.05, 0.1) is 24.9 Å². The first-order valence-corrected chi connectivity index (χ1v) is 10.6. The number of hydrogen-bond donors (Lipinski definition) is 1. The summed E-state index contributed by atoms with van der Waals surface area (Å²) in [6.45, 7) is 3.68. The first kappa shape index (κ1) is 20.3. The molecule has 4 rings (SSSR count). The number of nitrogens with zero attached hydrogens (tertiary/aromatic N) is 3. The van der Waals surface area contributed by atoms with Gasteiger partial charge < -0.3 is 19.9 Å². The first-order valence-electron chi connectivity index (χ1n) is 10.6. The van der Waals surface area contributed by atoms with E-state index in [2.05, 4.69) is 10.3 Å². The minimum Gasteiger partial charge on any atom is -0.378 e. The third-order valence-electron chi connectivity index (χ3n) is 5.82. The van der Waals surface area contributed by atoms with Crippen LogP contribution in [-0.4, -0.2) is 66.1 Å². The summed E-state index contributed by atoms with van der Waals surface area (Å²) in [5.41, 5.74) is 1.82. The van der Waals surface area contributed by atoms with E-state index in [9.17, 15) is 9.59 Å². The number of hydrogen-bond acceptors (Lipinski definition) is 4. The van der Waals surface area contributed by atoms with Crippen LogP contribution < -0.4 is 5.32 Å². The van der Waals surface area contributed by atoms with Gasteiger partial charge in [-0.1, -0.05) is 36.4 Å². The van der Waals surface area contributed by atoms with Crippen molar-refractivity contribution in [3.8, 4) is 0 Å². The zero-order valence-electron chi connectivity index (χ0n) is 17.1. The smallest absolute Gasteiger partial charge is 0.320 e. The van der Waals surface area contributed by atoms with E-state index in [1.54, 1.807) is 6.20 Å². The number of carbonyl (C=O) groups excluding carboxylic acids is 2. The fraction of sp³-hybridized carbons (Fsp3) is 0.435. The maximum atomic E-state index is 13.1. The predicted octanol–water partition coefficient (Wildman–Crippen LogP) is 2.45. The minimum absolute atomic E-state index is 0.0213. The topological polar surface area (TPSA) is 74.8 Å². The van der Waals surface area contributed by atoms with E-state index in [1.165, 1.54) is 0 Å². The number of rotatable bonds is 4. The van der Waals surface area contributed by atoms with Crippen molar-refractivity contribution in [2.24, 2.45) is 5.92 Å². The van der Waals surface area contributed by atoms with E-state index in [1.807, 2.05) is 58.3 Å². The van der Waals surface area contributed by atoms with Gasteiger partial charge in [-0.2, -0.15) is 0 Å². The number of benzene rings is 1. The molecule has 0 saturated carbocycles. The van der Waals surface area contributed by atoms with E-state index in [4.69, 9.17) is 4.74 Å². The van der Waals surface area contributed by atoms with Crippen LogP contribution in [-0.2, 0) is 9.53 Å². The van der Waals surface area contributed by atoms with Crippen molar-refractivity contribution in [1.29, 1.82) is 0 Å².